The van der Waals surface area contributed by atoms with Gasteiger partial charge in [0, 0.05) is 12.1 Å². The molecule has 0 atom stereocenters. The van der Waals surface area contributed by atoms with Gasteiger partial charge in [-0.25, -0.2) is 4.79 Å². The summed E-state index contributed by atoms with van der Waals surface area (Å²) in [6, 6.07) is 5.55. The van der Waals surface area contributed by atoms with Crippen LogP contribution in [0.2, 0.25) is 0 Å². The first-order chi connectivity index (χ1) is 9.69. The molecule has 4 heteroatoms. The Morgan fingerprint density at radius 2 is 1.65 bits per heavy atom. The van der Waals surface area contributed by atoms with E-state index in [1.807, 2.05) is 39.0 Å². The predicted octanol–water partition coefficient (Wildman–Crippen LogP) is 3.45. The third-order valence-corrected chi connectivity index (χ3v) is 2.38. The summed E-state index contributed by atoms with van der Waals surface area (Å²) >= 11 is 0. The van der Waals surface area contributed by atoms with Crippen molar-refractivity contribution < 1.29 is 19.0 Å². The summed E-state index contributed by atoms with van der Waals surface area (Å²) in [5, 5.41) is 0. The molecule has 0 bridgehead atoms. The fourth-order valence-corrected chi connectivity index (χ4v) is 1.61. The van der Waals surface area contributed by atoms with E-state index in [0.717, 1.165) is 23.5 Å². The second kappa shape index (κ2) is 9.02. The molecular weight excluding hydrogens is 256 g/mol. The van der Waals surface area contributed by atoms with Crippen LogP contribution in [-0.4, -0.2) is 25.8 Å². The molecule has 0 unspecified atom stereocenters. The fourth-order valence-electron chi connectivity index (χ4n) is 1.61. The highest BCUT2D eigenvalue weighted by Gasteiger charge is 2.02. The predicted molar refractivity (Wildman–Crippen MR) is 79.1 cm³/mol. The van der Waals surface area contributed by atoms with E-state index in [9.17, 15) is 4.79 Å². The number of rotatable bonds is 8. The fraction of sp³-hybridized carbons (Fsp3) is 0.438. The summed E-state index contributed by atoms with van der Waals surface area (Å²) in [6.45, 7) is 7.40. The Morgan fingerprint density at radius 1 is 1.05 bits per heavy atom. The van der Waals surface area contributed by atoms with Crippen LogP contribution in [0.3, 0.4) is 0 Å². The molecule has 0 saturated carbocycles. The van der Waals surface area contributed by atoms with E-state index in [0.29, 0.717) is 19.8 Å². The number of hydrogen-bond acceptors (Lipinski definition) is 4. The maximum absolute atomic E-state index is 11.4. The highest BCUT2D eigenvalue weighted by molar-refractivity contribution is 5.87. The van der Waals surface area contributed by atoms with Gasteiger partial charge in [-0.3, -0.25) is 0 Å². The maximum Gasteiger partial charge on any atom is 0.330 e. The van der Waals surface area contributed by atoms with Crippen LogP contribution >= 0.6 is 0 Å². The third-order valence-electron chi connectivity index (χ3n) is 2.38. The monoisotopic (exact) mass is 278 g/mol. The number of ether oxygens (including phenoxy) is 3. The van der Waals surface area contributed by atoms with Crippen LogP contribution in [0.1, 0.15) is 32.8 Å². The van der Waals surface area contributed by atoms with Crippen molar-refractivity contribution in [2.75, 3.05) is 19.8 Å². The van der Waals surface area contributed by atoms with Crippen molar-refractivity contribution in [3.63, 3.8) is 0 Å². The molecule has 0 amide bonds. The number of hydrogen-bond donors (Lipinski definition) is 0. The van der Waals surface area contributed by atoms with E-state index in [1.165, 1.54) is 6.08 Å². The summed E-state index contributed by atoms with van der Waals surface area (Å²) in [6.07, 6.45) is 3.92. The van der Waals surface area contributed by atoms with Crippen molar-refractivity contribution in [3.8, 4) is 11.5 Å². The third kappa shape index (κ3) is 5.78. The Labute approximate surface area is 120 Å². The minimum Gasteiger partial charge on any atom is -0.494 e. The summed E-state index contributed by atoms with van der Waals surface area (Å²) in [4.78, 5) is 11.4. The molecule has 4 nitrogen and oxygen atoms in total. The first-order valence-electron chi connectivity index (χ1n) is 6.95. The molecule has 0 fully saturated rings. The molecule has 0 aliphatic rings. The van der Waals surface area contributed by atoms with Gasteiger partial charge in [0.15, 0.2) is 0 Å². The van der Waals surface area contributed by atoms with Gasteiger partial charge in [-0.15, -0.1) is 0 Å². The van der Waals surface area contributed by atoms with Crippen LogP contribution in [0.15, 0.2) is 24.3 Å². The molecular formula is C16H22O4. The SMILES string of the molecule is CCCOC(=O)C=Cc1cc(OCC)cc(OCC)c1. The molecule has 0 N–H and O–H groups in total. The van der Waals surface area contributed by atoms with Crippen LogP contribution in [0.4, 0.5) is 0 Å². The van der Waals surface area contributed by atoms with Gasteiger partial charge in [0.05, 0.1) is 19.8 Å². The summed E-state index contributed by atoms with van der Waals surface area (Å²) in [7, 11) is 0. The molecule has 0 heterocycles. The topological polar surface area (TPSA) is 44.8 Å². The van der Waals surface area contributed by atoms with Gasteiger partial charge >= 0.3 is 5.97 Å². The molecule has 0 saturated heterocycles. The second-order valence-corrected chi connectivity index (χ2v) is 4.10. The Hall–Kier alpha value is -1.97. The molecule has 0 aliphatic carbocycles. The Bertz CT molecular complexity index is 428. The van der Waals surface area contributed by atoms with Gasteiger partial charge in [0.1, 0.15) is 11.5 Å². The highest BCUT2D eigenvalue weighted by atomic mass is 16.5. The summed E-state index contributed by atoms with van der Waals surface area (Å²) in [5.74, 6) is 1.10. The molecule has 1 aromatic rings. The van der Waals surface area contributed by atoms with E-state index < -0.39 is 0 Å². The minimum atomic E-state index is -0.341. The van der Waals surface area contributed by atoms with E-state index in [4.69, 9.17) is 14.2 Å². The Morgan fingerprint density at radius 3 is 2.15 bits per heavy atom. The first-order valence-corrected chi connectivity index (χ1v) is 6.95. The Balaban J connectivity index is 2.81. The van der Waals surface area contributed by atoms with Crippen molar-refractivity contribution in [2.24, 2.45) is 0 Å². The molecule has 0 aromatic heterocycles. The largest absolute Gasteiger partial charge is 0.494 e. The van der Waals surface area contributed by atoms with Crippen molar-refractivity contribution in [3.05, 3.63) is 29.8 Å². The molecule has 110 valence electrons. The molecule has 20 heavy (non-hydrogen) atoms. The second-order valence-electron chi connectivity index (χ2n) is 4.10. The lowest BCUT2D eigenvalue weighted by molar-refractivity contribution is -0.137. The summed E-state index contributed by atoms with van der Waals surface area (Å²) in [5.41, 5.74) is 0.841. The number of esters is 1. The van der Waals surface area contributed by atoms with E-state index >= 15 is 0 Å². The van der Waals surface area contributed by atoms with Gasteiger partial charge in [-0.1, -0.05) is 6.92 Å². The molecule has 1 aromatic carbocycles. The van der Waals surface area contributed by atoms with Crippen LogP contribution in [0.5, 0.6) is 11.5 Å². The summed E-state index contributed by atoms with van der Waals surface area (Å²) < 4.78 is 15.9. The van der Waals surface area contributed by atoms with Crippen molar-refractivity contribution in [1.82, 2.24) is 0 Å². The average Bonchev–Trinajstić information content (AvgIpc) is 2.43. The average molecular weight is 278 g/mol. The standard InChI is InChI=1S/C16H22O4/c1-4-9-20-16(17)8-7-13-10-14(18-5-2)12-15(11-13)19-6-3/h7-8,10-12H,4-6,9H2,1-3H3. The zero-order chi connectivity index (χ0) is 14.8. The van der Waals surface area contributed by atoms with Crippen molar-refractivity contribution in [2.45, 2.75) is 27.2 Å². The van der Waals surface area contributed by atoms with E-state index in [2.05, 4.69) is 0 Å². The van der Waals surface area contributed by atoms with Gasteiger partial charge in [0.2, 0.25) is 0 Å². The first kappa shape index (κ1) is 16.1. The van der Waals surface area contributed by atoms with Gasteiger partial charge < -0.3 is 14.2 Å². The van der Waals surface area contributed by atoms with Gasteiger partial charge in [-0.05, 0) is 44.0 Å². The lowest BCUT2D eigenvalue weighted by atomic mass is 10.2. The minimum absolute atomic E-state index is 0.341. The molecule has 0 spiro atoms. The number of carbonyl (C=O) groups excluding carboxylic acids is 1. The molecule has 1 rings (SSSR count). The normalized spacial score (nSPS) is 10.6. The quantitative estimate of drug-likeness (QED) is 0.539. The lowest BCUT2D eigenvalue weighted by Crippen LogP contribution is -2.01. The van der Waals surface area contributed by atoms with Crippen LogP contribution in [-0.2, 0) is 9.53 Å². The number of carbonyl (C=O) groups is 1. The van der Waals surface area contributed by atoms with Crippen molar-refractivity contribution >= 4 is 12.0 Å². The Kier molecular flexibility index (Phi) is 7.25. The van der Waals surface area contributed by atoms with Gasteiger partial charge in [0.25, 0.3) is 0 Å². The molecule has 0 radical (unpaired) electrons. The van der Waals surface area contributed by atoms with Crippen molar-refractivity contribution in [1.29, 1.82) is 0 Å². The highest BCUT2D eigenvalue weighted by Crippen LogP contribution is 2.24. The lowest BCUT2D eigenvalue weighted by Gasteiger charge is -2.08. The number of benzene rings is 1. The zero-order valence-electron chi connectivity index (χ0n) is 12.3. The zero-order valence-corrected chi connectivity index (χ0v) is 12.3. The van der Waals surface area contributed by atoms with Crippen LogP contribution in [0, 0.1) is 0 Å². The maximum atomic E-state index is 11.4. The molecule has 0 aliphatic heterocycles. The van der Waals surface area contributed by atoms with E-state index in [-0.39, 0.29) is 5.97 Å². The van der Waals surface area contributed by atoms with Crippen LogP contribution in [0.25, 0.3) is 6.08 Å². The van der Waals surface area contributed by atoms with Crippen LogP contribution < -0.4 is 9.47 Å². The van der Waals surface area contributed by atoms with E-state index in [1.54, 1.807) is 6.08 Å². The smallest absolute Gasteiger partial charge is 0.330 e. The van der Waals surface area contributed by atoms with Gasteiger partial charge in [-0.2, -0.15) is 0 Å².